The van der Waals surface area contributed by atoms with E-state index >= 15 is 0 Å². The Morgan fingerprint density at radius 2 is 2.14 bits per heavy atom. The molecule has 0 atom stereocenters. The number of rotatable bonds is 4. The van der Waals surface area contributed by atoms with E-state index in [4.69, 9.17) is 5.11 Å². The second kappa shape index (κ2) is 3.39. The Hall–Kier alpha value is -0.830. The number of carboxylic acid groups (broad SMARTS) is 1. The fraction of sp³-hybridized carbons (Fsp3) is 0.545. The zero-order valence-corrected chi connectivity index (χ0v) is 9.06. The Bertz CT molecular complexity index is 350. The van der Waals surface area contributed by atoms with E-state index in [9.17, 15) is 4.79 Å². The molecule has 3 heteroatoms. The van der Waals surface area contributed by atoms with Crippen LogP contribution in [0.15, 0.2) is 12.1 Å². The van der Waals surface area contributed by atoms with Gasteiger partial charge in [0.2, 0.25) is 0 Å². The van der Waals surface area contributed by atoms with Gasteiger partial charge in [0.25, 0.3) is 0 Å². The Balaban J connectivity index is 2.07. The van der Waals surface area contributed by atoms with Crippen LogP contribution in [0.5, 0.6) is 0 Å². The molecule has 1 saturated carbocycles. The Morgan fingerprint density at radius 3 is 2.57 bits per heavy atom. The lowest BCUT2D eigenvalue weighted by Crippen LogP contribution is -2.16. The highest BCUT2D eigenvalue weighted by molar-refractivity contribution is 7.12. The summed E-state index contributed by atoms with van der Waals surface area (Å²) < 4.78 is 0. The van der Waals surface area contributed by atoms with Gasteiger partial charge in [0.1, 0.15) is 0 Å². The molecule has 1 aromatic heterocycles. The number of carboxylic acids is 1. The standard InChI is InChI=1S/C11H14O2S/c1-2-8-3-4-9(14-8)7-11(5-6-11)10(12)13/h3-4H,2,5-7H2,1H3,(H,12,13). The lowest BCUT2D eigenvalue weighted by atomic mass is 10.0. The highest BCUT2D eigenvalue weighted by Gasteiger charge is 2.50. The van der Waals surface area contributed by atoms with Crippen LogP contribution in [0, 0.1) is 5.41 Å². The summed E-state index contributed by atoms with van der Waals surface area (Å²) in [5.41, 5.74) is -0.407. The second-order valence-electron chi connectivity index (χ2n) is 3.98. The Morgan fingerprint density at radius 1 is 1.50 bits per heavy atom. The smallest absolute Gasteiger partial charge is 0.309 e. The first-order chi connectivity index (χ1) is 6.66. The molecule has 1 fully saturated rings. The monoisotopic (exact) mass is 210 g/mol. The maximum Gasteiger partial charge on any atom is 0.309 e. The normalized spacial score (nSPS) is 18.1. The van der Waals surface area contributed by atoms with Crippen LogP contribution >= 0.6 is 11.3 Å². The van der Waals surface area contributed by atoms with Gasteiger partial charge in [0.05, 0.1) is 5.41 Å². The molecule has 0 unspecified atom stereocenters. The summed E-state index contributed by atoms with van der Waals surface area (Å²) in [6, 6.07) is 4.18. The van der Waals surface area contributed by atoms with Crippen molar-refractivity contribution in [3.63, 3.8) is 0 Å². The summed E-state index contributed by atoms with van der Waals surface area (Å²) in [6.45, 7) is 2.12. The van der Waals surface area contributed by atoms with Crippen LogP contribution in [0.25, 0.3) is 0 Å². The van der Waals surface area contributed by atoms with Crippen molar-refractivity contribution in [1.82, 2.24) is 0 Å². The van der Waals surface area contributed by atoms with Crippen LogP contribution in [0.3, 0.4) is 0 Å². The molecule has 2 rings (SSSR count). The number of hydrogen-bond acceptors (Lipinski definition) is 2. The molecular weight excluding hydrogens is 196 g/mol. The van der Waals surface area contributed by atoms with Crippen molar-refractivity contribution in [3.8, 4) is 0 Å². The average molecular weight is 210 g/mol. The molecular formula is C11H14O2S. The molecule has 76 valence electrons. The van der Waals surface area contributed by atoms with Crippen molar-refractivity contribution in [2.24, 2.45) is 5.41 Å². The van der Waals surface area contributed by atoms with Gasteiger partial charge in [-0.05, 0) is 37.8 Å². The van der Waals surface area contributed by atoms with E-state index in [2.05, 4.69) is 19.1 Å². The minimum atomic E-state index is -0.621. The fourth-order valence-electron chi connectivity index (χ4n) is 1.66. The lowest BCUT2D eigenvalue weighted by Gasteiger charge is -2.06. The third-order valence-electron chi connectivity index (χ3n) is 2.89. The highest BCUT2D eigenvalue weighted by atomic mass is 32.1. The van der Waals surface area contributed by atoms with Crippen LogP contribution < -0.4 is 0 Å². The number of carbonyl (C=O) groups is 1. The zero-order valence-electron chi connectivity index (χ0n) is 8.25. The summed E-state index contributed by atoms with van der Waals surface area (Å²) in [6.07, 6.45) is 3.47. The van der Waals surface area contributed by atoms with E-state index in [-0.39, 0.29) is 0 Å². The molecule has 0 radical (unpaired) electrons. The molecule has 0 amide bonds. The summed E-state index contributed by atoms with van der Waals surface area (Å²) in [5, 5.41) is 9.03. The van der Waals surface area contributed by atoms with Crippen molar-refractivity contribution < 1.29 is 9.90 Å². The molecule has 0 bridgehead atoms. The molecule has 0 aromatic carbocycles. The van der Waals surface area contributed by atoms with Crippen molar-refractivity contribution in [2.75, 3.05) is 0 Å². The maximum absolute atomic E-state index is 11.0. The number of aryl methyl sites for hydroxylation is 1. The molecule has 1 N–H and O–H groups in total. The van der Waals surface area contributed by atoms with E-state index in [0.29, 0.717) is 0 Å². The largest absolute Gasteiger partial charge is 0.481 e. The van der Waals surface area contributed by atoms with Gasteiger partial charge in [-0.3, -0.25) is 4.79 Å². The second-order valence-corrected chi connectivity index (χ2v) is 5.24. The summed E-state index contributed by atoms with van der Waals surface area (Å²) in [7, 11) is 0. The molecule has 14 heavy (non-hydrogen) atoms. The van der Waals surface area contributed by atoms with Crippen molar-refractivity contribution >= 4 is 17.3 Å². The predicted octanol–water partition coefficient (Wildman–Crippen LogP) is 2.72. The van der Waals surface area contributed by atoms with Crippen molar-refractivity contribution in [2.45, 2.75) is 32.6 Å². The lowest BCUT2D eigenvalue weighted by molar-refractivity contribution is -0.143. The van der Waals surface area contributed by atoms with Crippen molar-refractivity contribution in [1.29, 1.82) is 0 Å². The topological polar surface area (TPSA) is 37.3 Å². The average Bonchev–Trinajstić information content (AvgIpc) is 2.78. The Kier molecular flexibility index (Phi) is 2.35. The van der Waals surface area contributed by atoms with E-state index in [0.717, 1.165) is 25.7 Å². The van der Waals surface area contributed by atoms with Gasteiger partial charge < -0.3 is 5.11 Å². The van der Waals surface area contributed by atoms with Gasteiger partial charge >= 0.3 is 5.97 Å². The van der Waals surface area contributed by atoms with Gasteiger partial charge in [-0.25, -0.2) is 0 Å². The molecule has 0 spiro atoms. The molecule has 1 heterocycles. The van der Waals surface area contributed by atoms with E-state index in [1.807, 2.05) is 0 Å². The van der Waals surface area contributed by atoms with Gasteiger partial charge in [0, 0.05) is 9.75 Å². The predicted molar refractivity (Wildman–Crippen MR) is 56.7 cm³/mol. The number of hydrogen-bond donors (Lipinski definition) is 1. The van der Waals surface area contributed by atoms with Crippen LogP contribution in [-0.4, -0.2) is 11.1 Å². The quantitative estimate of drug-likeness (QED) is 0.829. The van der Waals surface area contributed by atoms with Gasteiger partial charge in [-0.2, -0.15) is 0 Å². The third kappa shape index (κ3) is 1.69. The first kappa shape index (κ1) is 9.71. The fourth-order valence-corrected chi connectivity index (χ4v) is 2.76. The van der Waals surface area contributed by atoms with Crippen LogP contribution in [0.4, 0.5) is 0 Å². The summed E-state index contributed by atoms with van der Waals surface area (Å²) in [5.74, 6) is -0.621. The molecule has 1 aliphatic rings. The molecule has 1 aromatic rings. The minimum absolute atomic E-state index is 0.407. The molecule has 0 aliphatic heterocycles. The number of thiophene rings is 1. The zero-order chi connectivity index (χ0) is 10.2. The third-order valence-corrected chi connectivity index (χ3v) is 4.12. The minimum Gasteiger partial charge on any atom is -0.481 e. The van der Waals surface area contributed by atoms with Gasteiger partial charge in [-0.15, -0.1) is 11.3 Å². The van der Waals surface area contributed by atoms with E-state index < -0.39 is 11.4 Å². The highest BCUT2D eigenvalue weighted by Crippen LogP contribution is 2.49. The first-order valence-electron chi connectivity index (χ1n) is 4.97. The van der Waals surface area contributed by atoms with E-state index in [1.165, 1.54) is 9.75 Å². The van der Waals surface area contributed by atoms with Crippen LogP contribution in [-0.2, 0) is 17.6 Å². The van der Waals surface area contributed by atoms with Gasteiger partial charge in [0.15, 0.2) is 0 Å². The summed E-state index contributed by atoms with van der Waals surface area (Å²) in [4.78, 5) is 13.5. The van der Waals surface area contributed by atoms with Crippen molar-refractivity contribution in [3.05, 3.63) is 21.9 Å². The first-order valence-corrected chi connectivity index (χ1v) is 5.79. The Labute approximate surface area is 87.6 Å². The molecule has 2 nitrogen and oxygen atoms in total. The maximum atomic E-state index is 11.0. The summed E-state index contributed by atoms with van der Waals surface area (Å²) >= 11 is 1.75. The molecule has 1 aliphatic carbocycles. The van der Waals surface area contributed by atoms with Crippen LogP contribution in [0.1, 0.15) is 29.5 Å². The van der Waals surface area contributed by atoms with Gasteiger partial charge in [-0.1, -0.05) is 6.92 Å². The number of aliphatic carboxylic acids is 1. The van der Waals surface area contributed by atoms with Crippen LogP contribution in [0.2, 0.25) is 0 Å². The molecule has 0 saturated heterocycles. The van der Waals surface area contributed by atoms with E-state index in [1.54, 1.807) is 11.3 Å². The SMILES string of the molecule is CCc1ccc(CC2(C(=O)O)CC2)s1.